The van der Waals surface area contributed by atoms with E-state index in [1.54, 1.807) is 0 Å². The quantitative estimate of drug-likeness (QED) is 0.884. The molecule has 1 spiro atoms. The molecule has 1 atom stereocenters. The fourth-order valence-electron chi connectivity index (χ4n) is 4.37. The number of likely N-dealkylation sites (N-methyl/N-ethyl adjacent to an activating group) is 1. The predicted molar refractivity (Wildman–Crippen MR) is 83.4 cm³/mol. The summed E-state index contributed by atoms with van der Waals surface area (Å²) in [5.41, 5.74) is 1.11. The lowest BCUT2D eigenvalue weighted by Gasteiger charge is -2.47. The first-order chi connectivity index (χ1) is 10.6. The molecular formula is C16H26N4O2. The maximum absolute atomic E-state index is 12.5. The SMILES string of the molecule is CCN1C(=O)C[C@H](c2cnn(C)c2)C12CCN(CCO)CC2. The fourth-order valence-corrected chi connectivity index (χ4v) is 4.37. The van der Waals surface area contributed by atoms with Crippen LogP contribution in [0.5, 0.6) is 0 Å². The van der Waals surface area contributed by atoms with E-state index in [1.165, 1.54) is 5.56 Å². The highest BCUT2D eigenvalue weighted by Crippen LogP contribution is 2.48. The Kier molecular flexibility index (Phi) is 4.23. The number of aliphatic hydroxyl groups excluding tert-OH is 1. The summed E-state index contributed by atoms with van der Waals surface area (Å²) in [6, 6.07) is 0. The Morgan fingerprint density at radius 2 is 2.14 bits per heavy atom. The number of rotatable bonds is 4. The number of likely N-dealkylation sites (tertiary alicyclic amines) is 2. The topological polar surface area (TPSA) is 61.6 Å². The fraction of sp³-hybridized carbons (Fsp3) is 0.750. The van der Waals surface area contributed by atoms with Crippen LogP contribution in [0.15, 0.2) is 12.4 Å². The Morgan fingerprint density at radius 1 is 1.41 bits per heavy atom. The normalized spacial score (nSPS) is 25.3. The molecule has 1 aromatic heterocycles. The molecule has 6 nitrogen and oxygen atoms in total. The average molecular weight is 306 g/mol. The van der Waals surface area contributed by atoms with Crippen molar-refractivity contribution < 1.29 is 9.90 Å². The van der Waals surface area contributed by atoms with E-state index in [-0.39, 0.29) is 24.0 Å². The number of carbonyl (C=O) groups is 1. The molecule has 6 heteroatoms. The van der Waals surface area contributed by atoms with Crippen molar-refractivity contribution in [1.82, 2.24) is 19.6 Å². The first kappa shape index (κ1) is 15.5. The first-order valence-corrected chi connectivity index (χ1v) is 8.23. The molecule has 2 fully saturated rings. The lowest BCUT2D eigenvalue weighted by atomic mass is 9.74. The number of amides is 1. The van der Waals surface area contributed by atoms with Gasteiger partial charge >= 0.3 is 0 Å². The standard InChI is InChI=1S/C16H26N4O2/c1-3-20-15(22)10-14(13-11-17-18(2)12-13)16(20)4-6-19(7-5-16)8-9-21/h11-12,14,21H,3-10H2,1-2H3/t14-/m1/s1. The molecule has 0 bridgehead atoms. The van der Waals surface area contributed by atoms with Crippen LogP contribution in [0, 0.1) is 0 Å². The smallest absolute Gasteiger partial charge is 0.223 e. The summed E-state index contributed by atoms with van der Waals surface area (Å²) in [7, 11) is 1.92. The summed E-state index contributed by atoms with van der Waals surface area (Å²) in [4.78, 5) is 16.9. The van der Waals surface area contributed by atoms with Crippen molar-refractivity contribution in [2.24, 2.45) is 7.05 Å². The Hall–Kier alpha value is -1.40. The monoisotopic (exact) mass is 306 g/mol. The van der Waals surface area contributed by atoms with E-state index in [2.05, 4.69) is 28.0 Å². The lowest BCUT2D eigenvalue weighted by Crippen LogP contribution is -2.55. The van der Waals surface area contributed by atoms with Crippen molar-refractivity contribution in [1.29, 1.82) is 0 Å². The molecule has 1 aromatic rings. The highest BCUT2D eigenvalue weighted by Gasteiger charge is 2.53. The van der Waals surface area contributed by atoms with Crippen LogP contribution < -0.4 is 0 Å². The Bertz CT molecular complexity index is 534. The van der Waals surface area contributed by atoms with Crippen LogP contribution >= 0.6 is 0 Å². The number of β-amino-alcohol motifs (C(OH)–C–C–N with tert-alkyl or cyclic N) is 1. The molecule has 0 aromatic carbocycles. The second-order valence-corrected chi connectivity index (χ2v) is 6.51. The van der Waals surface area contributed by atoms with Crippen molar-refractivity contribution in [3.8, 4) is 0 Å². The molecule has 1 amide bonds. The van der Waals surface area contributed by atoms with Crippen LogP contribution in [0.1, 0.15) is 37.7 Å². The highest BCUT2D eigenvalue weighted by molar-refractivity contribution is 5.81. The second-order valence-electron chi connectivity index (χ2n) is 6.51. The minimum Gasteiger partial charge on any atom is -0.395 e. The molecule has 122 valence electrons. The number of aromatic nitrogens is 2. The van der Waals surface area contributed by atoms with Crippen LogP contribution in [-0.4, -0.2) is 68.9 Å². The molecule has 2 aliphatic rings. The van der Waals surface area contributed by atoms with Crippen LogP contribution in [0.3, 0.4) is 0 Å². The van der Waals surface area contributed by atoms with Gasteiger partial charge in [-0.25, -0.2) is 0 Å². The summed E-state index contributed by atoms with van der Waals surface area (Å²) in [5.74, 6) is 0.511. The van der Waals surface area contributed by atoms with E-state index in [0.717, 1.165) is 39.0 Å². The maximum atomic E-state index is 12.5. The molecule has 3 rings (SSSR count). The third-order valence-corrected chi connectivity index (χ3v) is 5.45. The predicted octanol–water partition coefficient (Wildman–Crippen LogP) is 0.583. The van der Waals surface area contributed by atoms with Gasteiger partial charge in [0.2, 0.25) is 5.91 Å². The average Bonchev–Trinajstić information content (AvgIpc) is 3.04. The number of carbonyl (C=O) groups excluding carboxylic acids is 1. The zero-order valence-electron chi connectivity index (χ0n) is 13.5. The van der Waals surface area contributed by atoms with E-state index in [1.807, 2.05) is 17.9 Å². The summed E-state index contributed by atoms with van der Waals surface area (Å²) < 4.78 is 1.82. The van der Waals surface area contributed by atoms with Gasteiger partial charge < -0.3 is 14.9 Å². The summed E-state index contributed by atoms with van der Waals surface area (Å²) in [6.07, 6.45) is 6.52. The van der Waals surface area contributed by atoms with Crippen molar-refractivity contribution >= 4 is 5.91 Å². The Labute approximate surface area is 131 Å². The molecule has 2 aliphatic heterocycles. The van der Waals surface area contributed by atoms with E-state index < -0.39 is 0 Å². The van der Waals surface area contributed by atoms with Gasteiger partial charge in [0.25, 0.3) is 0 Å². The molecule has 22 heavy (non-hydrogen) atoms. The third kappa shape index (κ3) is 2.44. The van der Waals surface area contributed by atoms with Crippen molar-refractivity contribution in [2.45, 2.75) is 37.6 Å². The zero-order chi connectivity index (χ0) is 15.7. The van der Waals surface area contributed by atoms with Crippen LogP contribution in [-0.2, 0) is 11.8 Å². The van der Waals surface area contributed by atoms with Gasteiger partial charge in [-0.2, -0.15) is 5.10 Å². The van der Waals surface area contributed by atoms with Gasteiger partial charge in [-0.3, -0.25) is 9.48 Å². The van der Waals surface area contributed by atoms with Gasteiger partial charge in [0.05, 0.1) is 18.3 Å². The first-order valence-electron chi connectivity index (χ1n) is 8.23. The molecule has 0 unspecified atom stereocenters. The molecular weight excluding hydrogens is 280 g/mol. The van der Waals surface area contributed by atoms with Crippen molar-refractivity contribution in [2.75, 3.05) is 32.8 Å². The highest BCUT2D eigenvalue weighted by atomic mass is 16.3. The van der Waals surface area contributed by atoms with Gasteiger partial charge in [0.1, 0.15) is 0 Å². The minimum atomic E-state index is -0.0686. The largest absolute Gasteiger partial charge is 0.395 e. The molecule has 3 heterocycles. The van der Waals surface area contributed by atoms with Crippen molar-refractivity contribution in [3.05, 3.63) is 18.0 Å². The third-order valence-electron chi connectivity index (χ3n) is 5.45. The Balaban J connectivity index is 1.88. The summed E-state index contributed by atoms with van der Waals surface area (Å²) in [5, 5.41) is 13.4. The molecule has 0 saturated carbocycles. The molecule has 0 radical (unpaired) electrons. The van der Waals surface area contributed by atoms with Gasteiger partial charge in [-0.15, -0.1) is 0 Å². The Morgan fingerprint density at radius 3 is 2.68 bits per heavy atom. The second kappa shape index (κ2) is 6.01. The number of nitrogens with zero attached hydrogens (tertiary/aromatic N) is 4. The molecule has 1 N–H and O–H groups in total. The van der Waals surface area contributed by atoms with Gasteiger partial charge in [0, 0.05) is 51.8 Å². The molecule has 0 aliphatic carbocycles. The van der Waals surface area contributed by atoms with Crippen LogP contribution in [0.4, 0.5) is 0 Å². The van der Waals surface area contributed by atoms with Crippen LogP contribution in [0.2, 0.25) is 0 Å². The molecule has 2 saturated heterocycles. The van der Waals surface area contributed by atoms with E-state index >= 15 is 0 Å². The number of piperidine rings is 1. The summed E-state index contributed by atoms with van der Waals surface area (Å²) >= 11 is 0. The number of aliphatic hydroxyl groups is 1. The lowest BCUT2D eigenvalue weighted by molar-refractivity contribution is -0.132. The summed E-state index contributed by atoms with van der Waals surface area (Å²) in [6.45, 7) is 5.67. The van der Waals surface area contributed by atoms with Gasteiger partial charge in [-0.05, 0) is 25.3 Å². The van der Waals surface area contributed by atoms with Crippen molar-refractivity contribution in [3.63, 3.8) is 0 Å². The van der Waals surface area contributed by atoms with Gasteiger partial charge in [-0.1, -0.05) is 0 Å². The van der Waals surface area contributed by atoms with E-state index in [9.17, 15) is 4.79 Å². The zero-order valence-corrected chi connectivity index (χ0v) is 13.5. The van der Waals surface area contributed by atoms with E-state index in [0.29, 0.717) is 6.42 Å². The van der Waals surface area contributed by atoms with E-state index in [4.69, 9.17) is 5.11 Å². The van der Waals surface area contributed by atoms with Crippen LogP contribution in [0.25, 0.3) is 0 Å². The number of hydrogen-bond donors (Lipinski definition) is 1. The number of hydrogen-bond acceptors (Lipinski definition) is 4. The van der Waals surface area contributed by atoms with Gasteiger partial charge in [0.15, 0.2) is 0 Å². The minimum absolute atomic E-state index is 0.0686. The number of aryl methyl sites for hydroxylation is 1. The maximum Gasteiger partial charge on any atom is 0.223 e.